The fourth-order valence-corrected chi connectivity index (χ4v) is 3.42. The molecule has 0 saturated heterocycles. The summed E-state index contributed by atoms with van der Waals surface area (Å²) < 4.78 is 0. The lowest BCUT2D eigenvalue weighted by atomic mass is 10.1. The first kappa shape index (κ1) is 21.6. The van der Waals surface area contributed by atoms with Crippen LogP contribution < -0.4 is 5.32 Å². The number of aromatic nitrogens is 1. The van der Waals surface area contributed by atoms with Gasteiger partial charge in [0.1, 0.15) is 5.01 Å². The number of amides is 1. The van der Waals surface area contributed by atoms with Gasteiger partial charge in [-0.25, -0.2) is 9.78 Å². The molecule has 0 fully saturated rings. The molecule has 0 saturated carbocycles. The molecule has 1 amide bonds. The van der Waals surface area contributed by atoms with Crippen molar-refractivity contribution < 1.29 is 14.7 Å². The van der Waals surface area contributed by atoms with Crippen molar-refractivity contribution in [2.24, 2.45) is 5.92 Å². The van der Waals surface area contributed by atoms with Crippen molar-refractivity contribution in [1.82, 2.24) is 10.3 Å². The van der Waals surface area contributed by atoms with Crippen LogP contribution in [0.3, 0.4) is 0 Å². The first-order chi connectivity index (χ1) is 13.3. The first-order valence-corrected chi connectivity index (χ1v) is 10.0. The Bertz CT molecular complexity index is 882. The number of carboxylic acid groups (broad SMARTS) is 1. The minimum atomic E-state index is -0.939. The highest BCUT2D eigenvalue weighted by atomic mass is 32.1. The van der Waals surface area contributed by atoms with E-state index in [2.05, 4.69) is 10.3 Å². The molecule has 28 heavy (non-hydrogen) atoms. The predicted molar refractivity (Wildman–Crippen MR) is 113 cm³/mol. The van der Waals surface area contributed by atoms with Gasteiger partial charge in [-0.3, -0.25) is 4.79 Å². The van der Waals surface area contributed by atoms with Gasteiger partial charge in [-0.15, -0.1) is 11.3 Å². The molecule has 0 radical (unpaired) electrons. The maximum absolute atomic E-state index is 12.3. The molecule has 148 valence electrons. The minimum Gasteiger partial charge on any atom is -0.478 e. The summed E-state index contributed by atoms with van der Waals surface area (Å²) in [6.45, 7) is 7.13. The van der Waals surface area contributed by atoms with E-state index in [-0.39, 0.29) is 23.4 Å². The Hall–Kier alpha value is -2.73. The Morgan fingerprint density at radius 3 is 2.50 bits per heavy atom. The number of nitrogens with zero attached hydrogens (tertiary/aromatic N) is 1. The highest BCUT2D eigenvalue weighted by Gasteiger charge is 2.20. The zero-order valence-electron chi connectivity index (χ0n) is 16.6. The van der Waals surface area contributed by atoms with Crippen LogP contribution >= 0.6 is 11.3 Å². The zero-order valence-corrected chi connectivity index (χ0v) is 17.4. The Kier molecular flexibility index (Phi) is 7.70. The molecule has 1 heterocycles. The standard InChI is InChI=1S/C22H26N2O3S/c1-14(2)20(25)24-19(12-17-8-6-5-7-9-17)21-23-18(13-28-21)11-15(3)10-16(4)22(26)27/h5-11,13-14,19H,12H2,1-4H3,(H,24,25)(H,26,27)/b15-11+,16-10-/t19-/m0/s1. The van der Waals surface area contributed by atoms with Gasteiger partial charge in [0.15, 0.2) is 0 Å². The predicted octanol–water partition coefficient (Wildman–Crippen LogP) is 4.63. The van der Waals surface area contributed by atoms with E-state index in [1.165, 1.54) is 11.3 Å². The minimum absolute atomic E-state index is 0.00980. The second-order valence-corrected chi connectivity index (χ2v) is 7.93. The fourth-order valence-electron chi connectivity index (χ4n) is 2.59. The molecule has 2 rings (SSSR count). The molecule has 0 unspecified atom stereocenters. The number of carbonyl (C=O) groups is 2. The Labute approximate surface area is 169 Å². The summed E-state index contributed by atoms with van der Waals surface area (Å²) in [7, 11) is 0. The third-order valence-corrected chi connectivity index (χ3v) is 5.10. The van der Waals surface area contributed by atoms with Gasteiger partial charge in [-0.05, 0) is 43.6 Å². The topological polar surface area (TPSA) is 79.3 Å². The molecular formula is C22H26N2O3S. The summed E-state index contributed by atoms with van der Waals surface area (Å²) in [4.78, 5) is 27.9. The molecule has 0 bridgehead atoms. The molecule has 1 aromatic heterocycles. The quantitative estimate of drug-likeness (QED) is 0.502. The van der Waals surface area contributed by atoms with E-state index in [0.717, 1.165) is 21.8 Å². The molecule has 1 aromatic carbocycles. The molecule has 5 nitrogen and oxygen atoms in total. The highest BCUT2D eigenvalue weighted by Crippen LogP contribution is 2.24. The van der Waals surface area contributed by atoms with Gasteiger partial charge in [-0.2, -0.15) is 0 Å². The fraction of sp³-hybridized carbons (Fsp3) is 0.318. The monoisotopic (exact) mass is 398 g/mol. The Balaban J connectivity index is 2.25. The third-order valence-electron chi connectivity index (χ3n) is 4.12. The Morgan fingerprint density at radius 1 is 1.21 bits per heavy atom. The number of thiazole rings is 1. The average Bonchev–Trinajstić information content (AvgIpc) is 3.09. The lowest BCUT2D eigenvalue weighted by Gasteiger charge is -2.18. The number of carbonyl (C=O) groups excluding carboxylic acids is 1. The number of rotatable bonds is 8. The number of benzene rings is 1. The molecule has 6 heteroatoms. The van der Waals surface area contributed by atoms with Crippen molar-refractivity contribution in [3.05, 3.63) is 69.2 Å². The summed E-state index contributed by atoms with van der Waals surface area (Å²) in [5, 5.41) is 14.8. The van der Waals surface area contributed by atoms with E-state index in [1.807, 2.05) is 62.6 Å². The van der Waals surface area contributed by atoms with Crippen molar-refractivity contribution >= 4 is 29.3 Å². The van der Waals surface area contributed by atoms with Gasteiger partial charge in [0.2, 0.25) is 5.91 Å². The number of hydrogen-bond acceptors (Lipinski definition) is 4. The van der Waals surface area contributed by atoms with Crippen LogP contribution in [0.25, 0.3) is 6.08 Å². The summed E-state index contributed by atoms with van der Waals surface area (Å²) >= 11 is 1.49. The van der Waals surface area contributed by atoms with Crippen LogP contribution in [-0.2, 0) is 16.0 Å². The number of hydrogen-bond donors (Lipinski definition) is 2. The highest BCUT2D eigenvalue weighted by molar-refractivity contribution is 7.09. The van der Waals surface area contributed by atoms with E-state index in [9.17, 15) is 9.59 Å². The van der Waals surface area contributed by atoms with Crippen LogP contribution in [0.15, 0.2) is 52.9 Å². The average molecular weight is 399 g/mol. The van der Waals surface area contributed by atoms with Crippen LogP contribution in [0.5, 0.6) is 0 Å². The number of carboxylic acids is 1. The van der Waals surface area contributed by atoms with Gasteiger partial charge >= 0.3 is 5.97 Å². The van der Waals surface area contributed by atoms with E-state index < -0.39 is 5.97 Å². The van der Waals surface area contributed by atoms with E-state index in [4.69, 9.17) is 5.11 Å². The van der Waals surface area contributed by atoms with Crippen LogP contribution in [0.4, 0.5) is 0 Å². The first-order valence-electron chi connectivity index (χ1n) is 9.16. The van der Waals surface area contributed by atoms with Crippen molar-refractivity contribution in [1.29, 1.82) is 0 Å². The molecule has 2 N–H and O–H groups in total. The molecule has 1 atom stereocenters. The lowest BCUT2D eigenvalue weighted by molar-refractivity contribution is -0.132. The van der Waals surface area contributed by atoms with Crippen LogP contribution in [0, 0.1) is 5.92 Å². The van der Waals surface area contributed by atoms with Crippen LogP contribution in [-0.4, -0.2) is 22.0 Å². The van der Waals surface area contributed by atoms with Gasteiger partial charge in [0, 0.05) is 16.9 Å². The van der Waals surface area contributed by atoms with Crippen molar-refractivity contribution in [3.63, 3.8) is 0 Å². The largest absolute Gasteiger partial charge is 0.478 e. The normalized spacial score (nSPS) is 13.5. The van der Waals surface area contributed by atoms with E-state index >= 15 is 0 Å². The van der Waals surface area contributed by atoms with Crippen LogP contribution in [0.1, 0.15) is 50.0 Å². The molecule has 0 aliphatic carbocycles. The number of nitrogens with one attached hydrogen (secondary N) is 1. The van der Waals surface area contributed by atoms with Crippen molar-refractivity contribution in [2.75, 3.05) is 0 Å². The number of aliphatic carboxylic acids is 1. The third kappa shape index (κ3) is 6.46. The van der Waals surface area contributed by atoms with E-state index in [1.54, 1.807) is 13.0 Å². The van der Waals surface area contributed by atoms with Gasteiger partial charge in [0.05, 0.1) is 11.7 Å². The van der Waals surface area contributed by atoms with Crippen molar-refractivity contribution in [2.45, 2.75) is 40.2 Å². The summed E-state index contributed by atoms with van der Waals surface area (Å²) in [5.74, 6) is -1.06. The smallest absolute Gasteiger partial charge is 0.331 e. The maximum atomic E-state index is 12.3. The molecule has 2 aromatic rings. The second kappa shape index (κ2) is 9.99. The SMILES string of the molecule is C/C(=C/C(C)=C/c1csc([C@H](Cc2ccccc2)NC(=O)C(C)C)n1)C(=O)O. The second-order valence-electron chi connectivity index (χ2n) is 7.04. The lowest BCUT2D eigenvalue weighted by Crippen LogP contribution is -2.33. The van der Waals surface area contributed by atoms with Crippen LogP contribution in [0.2, 0.25) is 0 Å². The van der Waals surface area contributed by atoms with Crippen molar-refractivity contribution in [3.8, 4) is 0 Å². The maximum Gasteiger partial charge on any atom is 0.331 e. The zero-order chi connectivity index (χ0) is 20.7. The molecule has 0 spiro atoms. The van der Waals surface area contributed by atoms with Gasteiger partial charge in [0.25, 0.3) is 0 Å². The van der Waals surface area contributed by atoms with E-state index in [0.29, 0.717) is 6.42 Å². The molecular weight excluding hydrogens is 372 g/mol. The van der Waals surface area contributed by atoms with Gasteiger partial charge in [-0.1, -0.05) is 44.2 Å². The molecule has 0 aliphatic rings. The summed E-state index contributed by atoms with van der Waals surface area (Å²) in [6, 6.07) is 9.79. The summed E-state index contributed by atoms with van der Waals surface area (Å²) in [6.07, 6.45) is 4.12. The Morgan fingerprint density at radius 2 is 1.89 bits per heavy atom. The van der Waals surface area contributed by atoms with Gasteiger partial charge < -0.3 is 10.4 Å². The number of allylic oxidation sites excluding steroid dienone is 2. The summed E-state index contributed by atoms with van der Waals surface area (Å²) in [5.41, 5.74) is 2.96. The molecule has 0 aliphatic heterocycles.